The lowest BCUT2D eigenvalue weighted by Crippen LogP contribution is -2.31. The zero-order valence-corrected chi connectivity index (χ0v) is 11.3. The highest BCUT2D eigenvalue weighted by atomic mass is 32.1. The third kappa shape index (κ3) is 2.32. The average Bonchev–Trinajstić information content (AvgIpc) is 3.06. The summed E-state index contributed by atoms with van der Waals surface area (Å²) < 4.78 is 6.43. The van der Waals surface area contributed by atoms with Crippen LogP contribution in [0.2, 0.25) is 0 Å². The lowest BCUT2D eigenvalue weighted by molar-refractivity contribution is 0.369. The molecule has 0 aliphatic heterocycles. The smallest absolute Gasteiger partial charge is 0.328 e. The van der Waals surface area contributed by atoms with Crippen molar-refractivity contribution < 1.29 is 4.52 Å². The number of aryl methyl sites for hydroxylation is 1. The van der Waals surface area contributed by atoms with Gasteiger partial charge in [-0.15, -0.1) is 11.3 Å². The van der Waals surface area contributed by atoms with Gasteiger partial charge in [0.2, 0.25) is 11.7 Å². The Bertz CT molecular complexity index is 844. The second kappa shape index (κ2) is 4.89. The van der Waals surface area contributed by atoms with Crippen LogP contribution >= 0.6 is 11.3 Å². The van der Waals surface area contributed by atoms with Gasteiger partial charge in [0.25, 0.3) is 5.56 Å². The van der Waals surface area contributed by atoms with E-state index in [1.54, 1.807) is 6.92 Å². The molecular weight excluding hydrogens is 280 g/mol. The first-order valence-corrected chi connectivity index (χ1v) is 6.68. The minimum absolute atomic E-state index is 0.120. The maximum absolute atomic E-state index is 11.7. The lowest BCUT2D eigenvalue weighted by atomic mass is 10.4. The van der Waals surface area contributed by atoms with E-state index in [4.69, 9.17) is 4.52 Å². The fraction of sp³-hybridized carbons (Fsp3) is 0.167. The zero-order valence-electron chi connectivity index (χ0n) is 10.5. The van der Waals surface area contributed by atoms with Gasteiger partial charge in [-0.05, 0) is 18.4 Å². The van der Waals surface area contributed by atoms with Gasteiger partial charge in [-0.3, -0.25) is 14.3 Å². The van der Waals surface area contributed by atoms with Gasteiger partial charge in [0.1, 0.15) is 6.54 Å². The standard InChI is InChI=1S/C12H10N4O3S/c1-7-5-16(12(18)14-11(7)17)6-9-13-10(15-19-9)8-3-2-4-20-8/h2-5H,6H2,1H3,(H,14,17,18). The molecule has 0 saturated heterocycles. The van der Waals surface area contributed by atoms with Gasteiger partial charge in [0.15, 0.2) is 0 Å². The lowest BCUT2D eigenvalue weighted by Gasteiger charge is -2.01. The molecule has 0 radical (unpaired) electrons. The number of thiophene rings is 1. The van der Waals surface area contributed by atoms with E-state index in [2.05, 4.69) is 15.1 Å². The van der Waals surface area contributed by atoms with Gasteiger partial charge in [-0.25, -0.2) is 4.79 Å². The molecule has 0 saturated carbocycles. The van der Waals surface area contributed by atoms with Crippen molar-refractivity contribution in [1.29, 1.82) is 0 Å². The number of hydrogen-bond acceptors (Lipinski definition) is 6. The summed E-state index contributed by atoms with van der Waals surface area (Å²) in [6.07, 6.45) is 1.47. The highest BCUT2D eigenvalue weighted by Gasteiger charge is 2.11. The van der Waals surface area contributed by atoms with E-state index in [0.717, 1.165) is 4.88 Å². The molecule has 3 rings (SSSR count). The molecule has 7 nitrogen and oxygen atoms in total. The van der Waals surface area contributed by atoms with Crippen molar-refractivity contribution in [3.05, 3.63) is 56.0 Å². The molecule has 8 heteroatoms. The number of H-pyrrole nitrogens is 1. The van der Waals surface area contributed by atoms with Crippen molar-refractivity contribution in [2.45, 2.75) is 13.5 Å². The average molecular weight is 290 g/mol. The van der Waals surface area contributed by atoms with Gasteiger partial charge in [0, 0.05) is 11.8 Å². The Hall–Kier alpha value is -2.48. The molecule has 0 unspecified atom stereocenters. The Kier molecular flexibility index (Phi) is 3.07. The van der Waals surface area contributed by atoms with Crippen LogP contribution in [0.1, 0.15) is 11.5 Å². The highest BCUT2D eigenvalue weighted by molar-refractivity contribution is 7.13. The van der Waals surface area contributed by atoms with Gasteiger partial charge < -0.3 is 4.52 Å². The van der Waals surface area contributed by atoms with Gasteiger partial charge >= 0.3 is 5.69 Å². The molecule has 3 aromatic rings. The van der Waals surface area contributed by atoms with Crippen LogP contribution in [0, 0.1) is 6.92 Å². The first-order chi connectivity index (χ1) is 9.63. The highest BCUT2D eigenvalue weighted by Crippen LogP contribution is 2.21. The number of aromatic nitrogens is 4. The summed E-state index contributed by atoms with van der Waals surface area (Å²) >= 11 is 1.50. The molecule has 3 aromatic heterocycles. The molecule has 0 amide bonds. The number of nitrogens with one attached hydrogen (secondary N) is 1. The quantitative estimate of drug-likeness (QED) is 0.776. The summed E-state index contributed by atoms with van der Waals surface area (Å²) in [5, 5.41) is 5.78. The summed E-state index contributed by atoms with van der Waals surface area (Å²) in [4.78, 5) is 30.3. The van der Waals surface area contributed by atoms with Crippen molar-refractivity contribution in [3.63, 3.8) is 0 Å². The SMILES string of the molecule is Cc1cn(Cc2nc(-c3cccs3)no2)c(=O)[nH]c1=O. The maximum Gasteiger partial charge on any atom is 0.328 e. The summed E-state index contributed by atoms with van der Waals surface area (Å²) in [6, 6.07) is 3.78. The third-order valence-corrected chi connectivity index (χ3v) is 3.57. The van der Waals surface area contributed by atoms with Crippen LogP contribution in [-0.2, 0) is 6.54 Å². The van der Waals surface area contributed by atoms with E-state index in [9.17, 15) is 9.59 Å². The maximum atomic E-state index is 11.7. The molecule has 0 spiro atoms. The van der Waals surface area contributed by atoms with E-state index < -0.39 is 11.2 Å². The summed E-state index contributed by atoms with van der Waals surface area (Å²) in [6.45, 7) is 1.74. The van der Waals surface area contributed by atoms with Crippen molar-refractivity contribution in [1.82, 2.24) is 19.7 Å². The van der Waals surface area contributed by atoms with E-state index in [1.165, 1.54) is 22.1 Å². The normalized spacial score (nSPS) is 10.8. The van der Waals surface area contributed by atoms with Crippen molar-refractivity contribution >= 4 is 11.3 Å². The van der Waals surface area contributed by atoms with Crippen LogP contribution in [-0.4, -0.2) is 19.7 Å². The van der Waals surface area contributed by atoms with E-state index in [-0.39, 0.29) is 6.54 Å². The minimum Gasteiger partial charge on any atom is -0.337 e. The summed E-state index contributed by atoms with van der Waals surface area (Å²) in [5.74, 6) is 0.797. The molecular formula is C12H10N4O3S. The molecule has 0 aliphatic carbocycles. The Morgan fingerprint density at radius 2 is 2.30 bits per heavy atom. The number of hydrogen-bond donors (Lipinski definition) is 1. The number of aromatic amines is 1. The minimum atomic E-state index is -0.503. The molecule has 0 aromatic carbocycles. The van der Waals surface area contributed by atoms with Crippen molar-refractivity contribution in [3.8, 4) is 10.7 Å². The largest absolute Gasteiger partial charge is 0.337 e. The Balaban J connectivity index is 1.91. The fourth-order valence-electron chi connectivity index (χ4n) is 1.71. The second-order valence-electron chi connectivity index (χ2n) is 4.19. The van der Waals surface area contributed by atoms with Crippen LogP contribution in [0.15, 0.2) is 37.8 Å². The van der Waals surface area contributed by atoms with Gasteiger partial charge in [0.05, 0.1) is 4.88 Å². The van der Waals surface area contributed by atoms with Gasteiger partial charge in [-0.1, -0.05) is 11.2 Å². The fourth-order valence-corrected chi connectivity index (χ4v) is 2.36. The van der Waals surface area contributed by atoms with E-state index in [1.807, 2.05) is 17.5 Å². The van der Waals surface area contributed by atoms with Crippen LogP contribution < -0.4 is 11.2 Å². The molecule has 20 heavy (non-hydrogen) atoms. The number of nitrogens with zero attached hydrogens (tertiary/aromatic N) is 3. The Morgan fingerprint density at radius 3 is 3.05 bits per heavy atom. The zero-order chi connectivity index (χ0) is 14.1. The predicted octanol–water partition coefficient (Wildman–Crippen LogP) is 1.00. The summed E-state index contributed by atoms with van der Waals surface area (Å²) in [7, 11) is 0. The van der Waals surface area contributed by atoms with Crippen LogP contribution in [0.25, 0.3) is 10.7 Å². The Morgan fingerprint density at radius 1 is 1.45 bits per heavy atom. The van der Waals surface area contributed by atoms with Crippen LogP contribution in [0.5, 0.6) is 0 Å². The number of rotatable bonds is 3. The molecule has 0 atom stereocenters. The topological polar surface area (TPSA) is 93.8 Å². The first kappa shape index (κ1) is 12.5. The summed E-state index contributed by atoms with van der Waals surface area (Å²) in [5.41, 5.74) is -0.449. The third-order valence-electron chi connectivity index (χ3n) is 2.70. The van der Waals surface area contributed by atoms with E-state index in [0.29, 0.717) is 17.3 Å². The predicted molar refractivity (Wildman–Crippen MR) is 72.8 cm³/mol. The molecule has 0 bridgehead atoms. The Labute approximate surface area is 116 Å². The van der Waals surface area contributed by atoms with Crippen molar-refractivity contribution in [2.75, 3.05) is 0 Å². The molecule has 0 fully saturated rings. The monoisotopic (exact) mass is 290 g/mol. The van der Waals surface area contributed by atoms with E-state index >= 15 is 0 Å². The van der Waals surface area contributed by atoms with Crippen molar-refractivity contribution in [2.24, 2.45) is 0 Å². The first-order valence-electron chi connectivity index (χ1n) is 5.80. The molecule has 3 heterocycles. The molecule has 102 valence electrons. The van der Waals surface area contributed by atoms with Crippen LogP contribution in [0.3, 0.4) is 0 Å². The van der Waals surface area contributed by atoms with Gasteiger partial charge in [-0.2, -0.15) is 4.98 Å². The molecule has 1 N–H and O–H groups in total. The second-order valence-corrected chi connectivity index (χ2v) is 5.14. The molecule has 0 aliphatic rings. The van der Waals surface area contributed by atoms with Crippen LogP contribution in [0.4, 0.5) is 0 Å².